The Hall–Kier alpha value is -3.30. The van der Waals surface area contributed by atoms with Crippen LogP contribution in [0.1, 0.15) is 27.6 Å². The van der Waals surface area contributed by atoms with E-state index in [0.717, 1.165) is 5.56 Å². The summed E-state index contributed by atoms with van der Waals surface area (Å²) in [6.45, 7) is -0.259. The number of aliphatic hydroxyl groups excluding tert-OH is 2. The zero-order valence-corrected chi connectivity index (χ0v) is 16.0. The molecule has 9 nitrogen and oxygen atoms in total. The molecule has 0 aromatic heterocycles. The Morgan fingerprint density at radius 3 is 2.14 bits per heavy atom. The highest BCUT2D eigenvalue weighted by Crippen LogP contribution is 2.37. The van der Waals surface area contributed by atoms with Crippen LogP contribution >= 0.6 is 0 Å². The molecule has 2 unspecified atom stereocenters. The molecule has 29 heavy (non-hydrogen) atoms. The molecule has 2 atom stereocenters. The number of hydrogen-bond donors (Lipinski definition) is 4. The average Bonchev–Trinajstić information content (AvgIpc) is 2.74. The molecule has 2 rings (SSSR count). The number of carbonyl (C=O) groups excluding carboxylic acids is 1. The number of carbonyl (C=O) groups is 2. The first-order chi connectivity index (χ1) is 13.9. The van der Waals surface area contributed by atoms with Crippen LogP contribution in [0.5, 0.6) is 11.5 Å². The first kappa shape index (κ1) is 22.0. The van der Waals surface area contributed by atoms with E-state index in [0.29, 0.717) is 0 Å². The van der Waals surface area contributed by atoms with Crippen LogP contribution in [-0.2, 0) is 11.3 Å². The molecular formula is C20H23NO8. The average molecular weight is 405 g/mol. The standard InChI is InChI=1S/C20H23NO8/c1-27-15-8-13(19(24)25)9-16(28-2)17(15)18(23)14(22)10-21-20(26)29-11-12-6-4-3-5-7-12/h3-9,14,18,22-23H,10-11H2,1-2H3,(H,21,26)(H,24,25). The third kappa shape index (κ3) is 5.84. The first-order valence-corrected chi connectivity index (χ1v) is 8.67. The van der Waals surface area contributed by atoms with Crippen molar-refractivity contribution in [1.29, 1.82) is 0 Å². The molecule has 156 valence electrons. The van der Waals surface area contributed by atoms with Crippen LogP contribution in [0.4, 0.5) is 4.79 Å². The molecule has 0 radical (unpaired) electrons. The van der Waals surface area contributed by atoms with Gasteiger partial charge in [0.2, 0.25) is 0 Å². The molecule has 0 aliphatic heterocycles. The summed E-state index contributed by atoms with van der Waals surface area (Å²) in [5.74, 6) is -1.15. The van der Waals surface area contributed by atoms with E-state index >= 15 is 0 Å². The van der Waals surface area contributed by atoms with Crippen LogP contribution in [0.2, 0.25) is 0 Å². The summed E-state index contributed by atoms with van der Waals surface area (Å²) in [5.41, 5.74) is 0.759. The van der Waals surface area contributed by atoms with E-state index in [4.69, 9.17) is 19.3 Å². The van der Waals surface area contributed by atoms with Gasteiger partial charge >= 0.3 is 12.1 Å². The number of aliphatic hydroxyl groups is 2. The molecule has 0 aliphatic rings. The van der Waals surface area contributed by atoms with E-state index in [1.54, 1.807) is 12.1 Å². The second-order valence-electron chi connectivity index (χ2n) is 6.05. The molecule has 0 fully saturated rings. The van der Waals surface area contributed by atoms with Crippen LogP contribution in [0.15, 0.2) is 42.5 Å². The Labute approximate surface area is 167 Å². The summed E-state index contributed by atoms with van der Waals surface area (Å²) >= 11 is 0. The van der Waals surface area contributed by atoms with Crippen LogP contribution in [0, 0.1) is 0 Å². The van der Waals surface area contributed by atoms with Gasteiger partial charge in [0.1, 0.15) is 30.3 Å². The Bertz CT molecular complexity index is 815. The van der Waals surface area contributed by atoms with Gasteiger partial charge in [-0.05, 0) is 17.7 Å². The fourth-order valence-electron chi connectivity index (χ4n) is 2.62. The number of hydrogen-bond acceptors (Lipinski definition) is 7. The lowest BCUT2D eigenvalue weighted by Gasteiger charge is -2.23. The van der Waals surface area contributed by atoms with Gasteiger partial charge in [0.15, 0.2) is 0 Å². The van der Waals surface area contributed by atoms with E-state index < -0.39 is 24.3 Å². The van der Waals surface area contributed by atoms with Crippen molar-refractivity contribution < 1.29 is 39.1 Å². The number of ether oxygens (including phenoxy) is 3. The van der Waals surface area contributed by atoms with Crippen LogP contribution < -0.4 is 14.8 Å². The Kier molecular flexibility index (Phi) is 7.81. The zero-order chi connectivity index (χ0) is 21.4. The lowest BCUT2D eigenvalue weighted by atomic mass is 9.99. The summed E-state index contributed by atoms with van der Waals surface area (Å²) in [4.78, 5) is 23.0. The lowest BCUT2D eigenvalue weighted by Crippen LogP contribution is -2.36. The summed E-state index contributed by atoms with van der Waals surface area (Å²) in [5, 5.41) is 32.3. The van der Waals surface area contributed by atoms with Crippen molar-refractivity contribution in [3.63, 3.8) is 0 Å². The molecule has 0 bridgehead atoms. The number of rotatable bonds is 9. The molecule has 0 spiro atoms. The molecule has 1 amide bonds. The number of alkyl carbamates (subject to hydrolysis) is 1. The van der Waals surface area contributed by atoms with E-state index in [1.807, 2.05) is 18.2 Å². The number of carboxylic acid groups (broad SMARTS) is 1. The Balaban J connectivity index is 2.02. The number of carboxylic acids is 1. The predicted octanol–water partition coefficient (Wildman–Crippen LogP) is 1.72. The highest BCUT2D eigenvalue weighted by atomic mass is 16.5. The maximum Gasteiger partial charge on any atom is 0.407 e. The smallest absolute Gasteiger partial charge is 0.407 e. The lowest BCUT2D eigenvalue weighted by molar-refractivity contribution is 0.0157. The monoisotopic (exact) mass is 405 g/mol. The van der Waals surface area contributed by atoms with Gasteiger partial charge in [-0.25, -0.2) is 9.59 Å². The molecule has 0 heterocycles. The van der Waals surface area contributed by atoms with Gasteiger partial charge < -0.3 is 34.8 Å². The summed E-state index contributed by atoms with van der Waals surface area (Å²) in [6.07, 6.45) is -3.71. The minimum atomic E-state index is -1.52. The highest BCUT2D eigenvalue weighted by molar-refractivity contribution is 5.89. The number of methoxy groups -OCH3 is 2. The third-order valence-corrected chi connectivity index (χ3v) is 4.12. The van der Waals surface area contributed by atoms with Crippen LogP contribution in [0.3, 0.4) is 0 Å². The summed E-state index contributed by atoms with van der Waals surface area (Å²) < 4.78 is 15.3. The molecule has 0 saturated heterocycles. The normalized spacial score (nSPS) is 12.6. The van der Waals surface area contributed by atoms with Gasteiger partial charge in [-0.1, -0.05) is 30.3 Å². The van der Waals surface area contributed by atoms with E-state index in [-0.39, 0.29) is 35.8 Å². The van der Waals surface area contributed by atoms with Crippen molar-refractivity contribution in [2.24, 2.45) is 0 Å². The molecule has 2 aromatic carbocycles. The van der Waals surface area contributed by atoms with Crippen molar-refractivity contribution >= 4 is 12.1 Å². The topological polar surface area (TPSA) is 135 Å². The second kappa shape index (κ2) is 10.3. The van der Waals surface area contributed by atoms with E-state index in [1.165, 1.54) is 26.4 Å². The number of nitrogens with one attached hydrogen (secondary N) is 1. The number of aromatic carboxylic acids is 1. The van der Waals surface area contributed by atoms with Gasteiger partial charge in [-0.2, -0.15) is 0 Å². The molecule has 4 N–H and O–H groups in total. The maximum absolute atomic E-state index is 11.8. The van der Waals surface area contributed by atoms with Crippen molar-refractivity contribution in [2.45, 2.75) is 18.8 Å². The van der Waals surface area contributed by atoms with Gasteiger partial charge in [0.05, 0.1) is 25.3 Å². The van der Waals surface area contributed by atoms with Crippen molar-refractivity contribution in [3.8, 4) is 11.5 Å². The summed E-state index contributed by atoms with van der Waals surface area (Å²) in [6, 6.07) is 11.5. The fourth-order valence-corrected chi connectivity index (χ4v) is 2.62. The van der Waals surface area contributed by atoms with Crippen LogP contribution in [-0.4, -0.2) is 54.3 Å². The minimum Gasteiger partial charge on any atom is -0.496 e. The van der Waals surface area contributed by atoms with Gasteiger partial charge in [0.25, 0.3) is 0 Å². The SMILES string of the molecule is COc1cc(C(=O)O)cc(OC)c1C(O)C(O)CNC(=O)OCc1ccccc1. The van der Waals surface area contributed by atoms with Gasteiger partial charge in [-0.15, -0.1) is 0 Å². The van der Waals surface area contributed by atoms with E-state index in [2.05, 4.69) is 5.32 Å². The number of amides is 1. The van der Waals surface area contributed by atoms with Crippen LogP contribution in [0.25, 0.3) is 0 Å². The Morgan fingerprint density at radius 1 is 1.03 bits per heavy atom. The maximum atomic E-state index is 11.8. The van der Waals surface area contributed by atoms with Gasteiger partial charge in [0, 0.05) is 6.54 Å². The Morgan fingerprint density at radius 2 is 1.62 bits per heavy atom. The molecule has 9 heteroatoms. The fraction of sp³-hybridized carbons (Fsp3) is 0.300. The van der Waals surface area contributed by atoms with Crippen molar-refractivity contribution in [2.75, 3.05) is 20.8 Å². The highest BCUT2D eigenvalue weighted by Gasteiger charge is 2.28. The van der Waals surface area contributed by atoms with Crippen molar-refractivity contribution in [3.05, 3.63) is 59.2 Å². The quantitative estimate of drug-likeness (QED) is 0.495. The third-order valence-electron chi connectivity index (χ3n) is 4.12. The molecule has 2 aromatic rings. The molecule has 0 aliphatic carbocycles. The second-order valence-corrected chi connectivity index (χ2v) is 6.05. The van der Waals surface area contributed by atoms with E-state index in [9.17, 15) is 19.8 Å². The molecular weight excluding hydrogens is 382 g/mol. The minimum absolute atomic E-state index is 0.0277. The largest absolute Gasteiger partial charge is 0.496 e. The van der Waals surface area contributed by atoms with Crippen molar-refractivity contribution in [1.82, 2.24) is 5.32 Å². The first-order valence-electron chi connectivity index (χ1n) is 8.67. The number of benzene rings is 2. The summed E-state index contributed by atoms with van der Waals surface area (Å²) in [7, 11) is 2.59. The van der Waals surface area contributed by atoms with Gasteiger partial charge in [-0.3, -0.25) is 0 Å². The predicted molar refractivity (Wildman–Crippen MR) is 102 cm³/mol. The molecule has 0 saturated carbocycles. The zero-order valence-electron chi connectivity index (χ0n) is 16.0.